The zero-order valence-electron chi connectivity index (χ0n) is 13.0. The fourth-order valence-corrected chi connectivity index (χ4v) is 2.20. The molecular formula is C14H11ClF3N5O2. The van der Waals surface area contributed by atoms with E-state index in [4.69, 9.17) is 20.9 Å². The summed E-state index contributed by atoms with van der Waals surface area (Å²) in [4.78, 5) is 4.16. The summed E-state index contributed by atoms with van der Waals surface area (Å²) in [6.07, 6.45) is -5.43. The van der Waals surface area contributed by atoms with Gasteiger partial charge in [-0.1, -0.05) is 27.9 Å². The fourth-order valence-electron chi connectivity index (χ4n) is 2.01. The topological polar surface area (TPSA) is 78.9 Å². The fraction of sp³-hybridized carbons (Fsp3) is 0.286. The molecule has 0 saturated carbocycles. The van der Waals surface area contributed by atoms with E-state index in [9.17, 15) is 13.2 Å². The predicted molar refractivity (Wildman–Crippen MR) is 79.8 cm³/mol. The van der Waals surface area contributed by atoms with Gasteiger partial charge in [0.2, 0.25) is 11.6 Å². The molecule has 2 aromatic heterocycles. The lowest BCUT2D eigenvalue weighted by molar-refractivity contribution is -0.147. The first-order chi connectivity index (χ1) is 11.8. The van der Waals surface area contributed by atoms with E-state index >= 15 is 0 Å². The van der Waals surface area contributed by atoms with Crippen LogP contribution in [-0.4, -0.2) is 24.9 Å². The van der Waals surface area contributed by atoms with Crippen molar-refractivity contribution >= 4 is 11.6 Å². The van der Waals surface area contributed by atoms with Crippen molar-refractivity contribution in [1.29, 1.82) is 0 Å². The summed E-state index contributed by atoms with van der Waals surface area (Å²) in [5.41, 5.74) is 0.608. The van der Waals surface area contributed by atoms with E-state index in [1.165, 1.54) is 0 Å². The average molecular weight is 374 g/mol. The van der Waals surface area contributed by atoms with Gasteiger partial charge in [0.05, 0.1) is 0 Å². The summed E-state index contributed by atoms with van der Waals surface area (Å²) in [5, 5.41) is 10.7. The molecule has 3 rings (SSSR count). The van der Waals surface area contributed by atoms with Crippen LogP contribution >= 0.6 is 11.6 Å². The number of aromatic nitrogens is 5. The maximum atomic E-state index is 12.7. The van der Waals surface area contributed by atoms with Crippen LogP contribution in [0.5, 0.6) is 6.01 Å². The summed E-state index contributed by atoms with van der Waals surface area (Å²) in [6, 6.07) is 6.48. The number of benzene rings is 1. The summed E-state index contributed by atoms with van der Waals surface area (Å²) in [5.74, 6) is -0.809. The van der Waals surface area contributed by atoms with Crippen LogP contribution < -0.4 is 4.74 Å². The zero-order valence-corrected chi connectivity index (χ0v) is 13.7. The molecule has 1 atom stereocenters. The van der Waals surface area contributed by atoms with Crippen molar-refractivity contribution in [2.45, 2.75) is 19.2 Å². The van der Waals surface area contributed by atoms with Crippen molar-refractivity contribution in [3.05, 3.63) is 40.9 Å². The second kappa shape index (κ2) is 6.36. The Hall–Kier alpha value is -2.62. The number of ether oxygens (including phenoxy) is 1. The highest BCUT2D eigenvalue weighted by Gasteiger charge is 2.38. The Labute approximate surface area is 144 Å². The Balaban J connectivity index is 1.79. The average Bonchev–Trinajstić information content (AvgIpc) is 3.15. The van der Waals surface area contributed by atoms with Crippen LogP contribution in [0.25, 0.3) is 11.5 Å². The van der Waals surface area contributed by atoms with Gasteiger partial charge in [0.25, 0.3) is 5.89 Å². The van der Waals surface area contributed by atoms with Crippen LogP contribution in [0.2, 0.25) is 5.02 Å². The summed E-state index contributed by atoms with van der Waals surface area (Å²) < 4.78 is 49.3. The molecule has 0 bridgehead atoms. The second-order valence-corrected chi connectivity index (χ2v) is 5.53. The highest BCUT2D eigenvalue weighted by atomic mass is 35.5. The number of hydrogen-bond donors (Lipinski definition) is 0. The molecule has 0 unspecified atom stereocenters. The third-order valence-corrected chi connectivity index (χ3v) is 3.48. The van der Waals surface area contributed by atoms with Crippen LogP contribution in [0.4, 0.5) is 13.2 Å². The Morgan fingerprint density at radius 2 is 2.04 bits per heavy atom. The van der Waals surface area contributed by atoms with Gasteiger partial charge in [-0.05, 0) is 25.1 Å². The van der Waals surface area contributed by atoms with Crippen molar-refractivity contribution in [2.24, 2.45) is 7.05 Å². The first-order valence-corrected chi connectivity index (χ1v) is 7.36. The quantitative estimate of drug-likeness (QED) is 0.694. The minimum Gasteiger partial charge on any atom is -0.452 e. The van der Waals surface area contributed by atoms with Gasteiger partial charge in [-0.15, -0.1) is 5.10 Å². The Bertz CT molecular complexity index is 893. The van der Waals surface area contributed by atoms with Crippen LogP contribution in [0, 0.1) is 0 Å². The van der Waals surface area contributed by atoms with Gasteiger partial charge >= 0.3 is 12.2 Å². The van der Waals surface area contributed by atoms with Crippen molar-refractivity contribution in [3.8, 4) is 17.5 Å². The van der Waals surface area contributed by atoms with Gasteiger partial charge in [0.1, 0.15) is 0 Å². The third-order valence-electron chi connectivity index (χ3n) is 3.25. The molecule has 0 saturated heterocycles. The predicted octanol–water partition coefficient (Wildman–Crippen LogP) is 3.68. The molecule has 1 aromatic carbocycles. The summed E-state index contributed by atoms with van der Waals surface area (Å²) in [6.45, 7) is 1.55. The molecule has 0 radical (unpaired) electrons. The lowest BCUT2D eigenvalue weighted by atomic mass is 10.2. The molecule has 11 heteroatoms. The van der Waals surface area contributed by atoms with Crippen molar-refractivity contribution in [2.75, 3.05) is 0 Å². The SMILES string of the molecule is C[C@@H](Oc1nnc(C(F)(F)F)n1C)c1noc(-c2cccc(Cl)c2)n1. The Morgan fingerprint density at radius 1 is 1.28 bits per heavy atom. The van der Waals surface area contributed by atoms with Crippen LogP contribution in [0.1, 0.15) is 24.7 Å². The normalized spacial score (nSPS) is 13.0. The van der Waals surface area contributed by atoms with Gasteiger partial charge in [-0.2, -0.15) is 18.2 Å². The van der Waals surface area contributed by atoms with Crippen molar-refractivity contribution < 1.29 is 22.4 Å². The molecule has 0 amide bonds. The Kier molecular flexibility index (Phi) is 4.38. The van der Waals surface area contributed by atoms with Gasteiger partial charge in [-0.25, -0.2) is 0 Å². The smallest absolute Gasteiger partial charge is 0.451 e. The maximum absolute atomic E-state index is 12.7. The third kappa shape index (κ3) is 3.58. The first-order valence-electron chi connectivity index (χ1n) is 6.98. The second-order valence-electron chi connectivity index (χ2n) is 5.09. The van der Waals surface area contributed by atoms with Gasteiger partial charge in [0.15, 0.2) is 6.10 Å². The molecule has 0 aliphatic rings. The minimum atomic E-state index is -4.63. The number of halogens is 4. The standard InChI is InChI=1S/C14H11ClF3N5O2/c1-7(24-13-21-20-12(23(13)2)14(16,17)18)10-19-11(25-22-10)8-4-3-5-9(15)6-8/h3-7H,1-2H3/t7-/m1/s1. The zero-order chi connectivity index (χ0) is 18.2. The molecule has 0 N–H and O–H groups in total. The molecule has 0 aliphatic heterocycles. The Morgan fingerprint density at radius 3 is 2.68 bits per heavy atom. The number of nitrogens with zero attached hydrogens (tertiary/aromatic N) is 5. The van der Waals surface area contributed by atoms with E-state index in [1.54, 1.807) is 31.2 Å². The molecule has 132 valence electrons. The van der Waals surface area contributed by atoms with Gasteiger partial charge in [-0.3, -0.25) is 4.57 Å². The lowest BCUT2D eigenvalue weighted by Gasteiger charge is -2.10. The molecule has 2 heterocycles. The van der Waals surface area contributed by atoms with E-state index in [0.29, 0.717) is 15.2 Å². The van der Waals surface area contributed by atoms with E-state index < -0.39 is 18.1 Å². The molecule has 25 heavy (non-hydrogen) atoms. The van der Waals surface area contributed by atoms with Crippen molar-refractivity contribution in [1.82, 2.24) is 24.9 Å². The molecule has 3 aromatic rings. The highest BCUT2D eigenvalue weighted by Crippen LogP contribution is 2.30. The molecule has 0 spiro atoms. The monoisotopic (exact) mass is 373 g/mol. The van der Waals surface area contributed by atoms with E-state index in [2.05, 4.69) is 20.3 Å². The van der Waals surface area contributed by atoms with Crippen molar-refractivity contribution in [3.63, 3.8) is 0 Å². The minimum absolute atomic E-state index is 0.145. The number of rotatable bonds is 4. The van der Waals surface area contributed by atoms with E-state index in [1.807, 2.05) is 0 Å². The number of alkyl halides is 3. The molecule has 7 nitrogen and oxygen atoms in total. The molecule has 0 aliphatic carbocycles. The maximum Gasteiger partial charge on any atom is 0.451 e. The summed E-state index contributed by atoms with van der Waals surface area (Å²) in [7, 11) is 1.15. The lowest BCUT2D eigenvalue weighted by Crippen LogP contribution is -2.14. The van der Waals surface area contributed by atoms with Crippen LogP contribution in [0.3, 0.4) is 0 Å². The number of hydrogen-bond acceptors (Lipinski definition) is 6. The summed E-state index contributed by atoms with van der Waals surface area (Å²) >= 11 is 5.90. The largest absolute Gasteiger partial charge is 0.452 e. The van der Waals surface area contributed by atoms with E-state index in [0.717, 1.165) is 7.05 Å². The first kappa shape index (κ1) is 17.2. The molecule has 0 fully saturated rings. The van der Waals surface area contributed by atoms with Crippen LogP contribution in [-0.2, 0) is 13.2 Å². The molecular weight excluding hydrogens is 363 g/mol. The van der Waals surface area contributed by atoms with Gasteiger partial charge < -0.3 is 9.26 Å². The van der Waals surface area contributed by atoms with E-state index in [-0.39, 0.29) is 17.7 Å². The van der Waals surface area contributed by atoms with Gasteiger partial charge in [0, 0.05) is 17.6 Å². The van der Waals surface area contributed by atoms with Crippen LogP contribution in [0.15, 0.2) is 28.8 Å². The highest BCUT2D eigenvalue weighted by molar-refractivity contribution is 6.30.